The van der Waals surface area contributed by atoms with E-state index in [1.165, 1.54) is 6.26 Å². The predicted molar refractivity (Wildman–Crippen MR) is 117 cm³/mol. The standard InChI is InChI=1S/C21H29ClN4O3S/c1-30(27,28)26-10-4-16(5-11-26)14-29-15-18-2-3-20(18)17-6-8-25(9-7-17)21-23-12-19(22)13-24-21/h12-13,16-18,20H,4-11,14-15H2,1H3. The summed E-state index contributed by atoms with van der Waals surface area (Å²) in [6, 6.07) is 0. The molecule has 2 aliphatic heterocycles. The smallest absolute Gasteiger partial charge is 0.225 e. The van der Waals surface area contributed by atoms with Crippen LogP contribution in [0.15, 0.2) is 12.4 Å². The summed E-state index contributed by atoms with van der Waals surface area (Å²) < 4.78 is 30.8. The monoisotopic (exact) mass is 452 g/mol. The van der Waals surface area contributed by atoms with Crippen LogP contribution in [0.3, 0.4) is 0 Å². The van der Waals surface area contributed by atoms with Gasteiger partial charge in [0, 0.05) is 38.7 Å². The number of hydrogen-bond donors (Lipinski definition) is 0. The molecule has 1 aliphatic carbocycles. The molecule has 3 aliphatic rings. The largest absolute Gasteiger partial charge is 0.380 e. The summed E-state index contributed by atoms with van der Waals surface area (Å²) in [5.41, 5.74) is 0. The van der Waals surface area contributed by atoms with Crippen molar-refractivity contribution < 1.29 is 13.2 Å². The first-order valence-electron chi connectivity index (χ1n) is 10.7. The summed E-state index contributed by atoms with van der Waals surface area (Å²) in [6.45, 7) is 4.48. The molecule has 0 radical (unpaired) electrons. The number of aromatic nitrogens is 2. The van der Waals surface area contributed by atoms with E-state index in [1.807, 2.05) is 0 Å². The molecule has 30 heavy (non-hydrogen) atoms. The van der Waals surface area contributed by atoms with E-state index in [1.54, 1.807) is 16.7 Å². The van der Waals surface area contributed by atoms with E-state index < -0.39 is 10.0 Å². The molecule has 1 aromatic heterocycles. The van der Waals surface area contributed by atoms with E-state index in [0.717, 1.165) is 44.7 Å². The Labute approximate surface area is 184 Å². The molecule has 0 bridgehead atoms. The Morgan fingerprint density at radius 2 is 1.73 bits per heavy atom. The van der Waals surface area contributed by atoms with Gasteiger partial charge >= 0.3 is 0 Å². The van der Waals surface area contributed by atoms with Gasteiger partial charge in [0.25, 0.3) is 0 Å². The molecule has 9 heteroatoms. The van der Waals surface area contributed by atoms with Crippen molar-refractivity contribution in [1.29, 1.82) is 0 Å². The number of anilines is 1. The second-order valence-corrected chi connectivity index (χ2v) is 11.0. The number of halogens is 1. The van der Waals surface area contributed by atoms with E-state index in [-0.39, 0.29) is 0 Å². The first kappa shape index (κ1) is 21.8. The Morgan fingerprint density at radius 1 is 1.07 bits per heavy atom. The minimum Gasteiger partial charge on any atom is -0.380 e. The highest BCUT2D eigenvalue weighted by molar-refractivity contribution is 7.88. The first-order valence-corrected chi connectivity index (χ1v) is 12.9. The fourth-order valence-electron chi connectivity index (χ4n) is 4.59. The second kappa shape index (κ2) is 9.39. The first-order chi connectivity index (χ1) is 14.4. The molecule has 2 fully saturated rings. The van der Waals surface area contributed by atoms with Gasteiger partial charge in [0.1, 0.15) is 0 Å². The average Bonchev–Trinajstić information content (AvgIpc) is 2.71. The summed E-state index contributed by atoms with van der Waals surface area (Å²) in [5, 5.41) is 0.558. The van der Waals surface area contributed by atoms with E-state index in [4.69, 9.17) is 16.3 Å². The maximum atomic E-state index is 11.6. The van der Waals surface area contributed by atoms with Gasteiger partial charge in [-0.2, -0.15) is 0 Å². The van der Waals surface area contributed by atoms with Crippen LogP contribution in [0.5, 0.6) is 0 Å². The highest BCUT2D eigenvalue weighted by Gasteiger charge is 2.35. The van der Waals surface area contributed by atoms with Gasteiger partial charge in [0.2, 0.25) is 16.0 Å². The predicted octanol–water partition coefficient (Wildman–Crippen LogP) is 2.28. The van der Waals surface area contributed by atoms with Crippen LogP contribution in [0.2, 0.25) is 5.02 Å². The maximum absolute atomic E-state index is 11.6. The van der Waals surface area contributed by atoms with Crippen molar-refractivity contribution >= 4 is 27.6 Å². The van der Waals surface area contributed by atoms with Crippen LogP contribution in [0, 0.1) is 35.5 Å². The Bertz CT molecular complexity index is 883. The lowest BCUT2D eigenvalue weighted by Crippen LogP contribution is -2.41. The van der Waals surface area contributed by atoms with Gasteiger partial charge in [-0.1, -0.05) is 23.4 Å². The van der Waals surface area contributed by atoms with E-state index in [0.29, 0.717) is 55.0 Å². The van der Waals surface area contributed by atoms with Crippen LogP contribution in [-0.4, -0.2) is 68.3 Å². The third kappa shape index (κ3) is 5.25. The molecule has 7 nitrogen and oxygen atoms in total. The Balaban J connectivity index is 1.16. The van der Waals surface area contributed by atoms with E-state index >= 15 is 0 Å². The van der Waals surface area contributed by atoms with Crippen molar-refractivity contribution in [2.45, 2.75) is 25.7 Å². The SMILES string of the molecule is CS(=O)(=O)N1CCC(COCC2C#CC2C2CCN(c3ncc(Cl)cn3)CC2)CC1. The van der Waals surface area contributed by atoms with E-state index in [9.17, 15) is 8.42 Å². The van der Waals surface area contributed by atoms with E-state index in [2.05, 4.69) is 26.7 Å². The van der Waals surface area contributed by atoms with Crippen molar-refractivity contribution in [3.63, 3.8) is 0 Å². The number of sulfonamides is 1. The number of hydrogen-bond acceptors (Lipinski definition) is 6. The van der Waals surface area contributed by atoms with Crippen molar-refractivity contribution in [2.75, 3.05) is 50.5 Å². The molecule has 2 saturated heterocycles. The Morgan fingerprint density at radius 3 is 2.30 bits per heavy atom. The number of ether oxygens (including phenoxy) is 1. The minimum absolute atomic E-state index is 0.324. The van der Waals surface area contributed by atoms with Gasteiger partial charge in [0.15, 0.2) is 0 Å². The van der Waals surface area contributed by atoms with Crippen LogP contribution in [-0.2, 0) is 14.8 Å². The summed E-state index contributed by atoms with van der Waals surface area (Å²) in [4.78, 5) is 10.9. The number of rotatable bonds is 7. The number of nitrogens with zero attached hydrogens (tertiary/aromatic N) is 4. The quantitative estimate of drug-likeness (QED) is 0.591. The zero-order valence-corrected chi connectivity index (χ0v) is 18.9. The van der Waals surface area contributed by atoms with Gasteiger partial charge in [-0.15, -0.1) is 0 Å². The molecule has 3 heterocycles. The van der Waals surface area contributed by atoms with Crippen molar-refractivity contribution in [3.8, 4) is 11.8 Å². The third-order valence-electron chi connectivity index (χ3n) is 6.50. The van der Waals surface area contributed by atoms with Gasteiger partial charge < -0.3 is 9.64 Å². The molecular weight excluding hydrogens is 424 g/mol. The normalized spacial score (nSPS) is 26.1. The Kier molecular flexibility index (Phi) is 6.83. The lowest BCUT2D eigenvalue weighted by molar-refractivity contribution is 0.0496. The summed E-state index contributed by atoms with van der Waals surface area (Å²) in [6.07, 6.45) is 8.50. The summed E-state index contributed by atoms with van der Waals surface area (Å²) in [5.74, 6) is 9.19. The van der Waals surface area contributed by atoms with Crippen LogP contribution < -0.4 is 4.90 Å². The van der Waals surface area contributed by atoms with Crippen LogP contribution in [0.4, 0.5) is 5.95 Å². The summed E-state index contributed by atoms with van der Waals surface area (Å²) in [7, 11) is -3.06. The minimum atomic E-state index is -3.06. The molecule has 0 aromatic carbocycles. The molecule has 0 amide bonds. The average molecular weight is 453 g/mol. The molecule has 0 saturated carbocycles. The topological polar surface area (TPSA) is 75.6 Å². The number of piperidine rings is 2. The zero-order chi connectivity index (χ0) is 21.1. The molecule has 164 valence electrons. The highest BCUT2D eigenvalue weighted by Crippen LogP contribution is 2.35. The highest BCUT2D eigenvalue weighted by atomic mass is 35.5. The van der Waals surface area contributed by atoms with Gasteiger partial charge in [-0.25, -0.2) is 22.7 Å². The molecule has 0 N–H and O–H groups in total. The molecule has 2 atom stereocenters. The van der Waals surface area contributed by atoms with Gasteiger partial charge in [-0.05, 0) is 37.5 Å². The van der Waals surface area contributed by atoms with Gasteiger partial charge in [0.05, 0.1) is 36.2 Å². The Hall–Kier alpha value is -1.40. The molecular formula is C21H29ClN4O3S. The van der Waals surface area contributed by atoms with Crippen LogP contribution >= 0.6 is 11.6 Å². The van der Waals surface area contributed by atoms with Gasteiger partial charge in [-0.3, -0.25) is 0 Å². The van der Waals surface area contributed by atoms with Crippen molar-refractivity contribution in [3.05, 3.63) is 17.4 Å². The second-order valence-electron chi connectivity index (χ2n) is 8.59. The third-order valence-corrected chi connectivity index (χ3v) is 8.00. The van der Waals surface area contributed by atoms with Crippen LogP contribution in [0.1, 0.15) is 25.7 Å². The summed E-state index contributed by atoms with van der Waals surface area (Å²) >= 11 is 5.88. The fraction of sp³-hybridized carbons (Fsp3) is 0.714. The zero-order valence-electron chi connectivity index (χ0n) is 17.3. The maximum Gasteiger partial charge on any atom is 0.225 e. The van der Waals surface area contributed by atoms with Crippen LogP contribution in [0.25, 0.3) is 0 Å². The van der Waals surface area contributed by atoms with Crippen molar-refractivity contribution in [2.24, 2.45) is 23.7 Å². The fourth-order valence-corrected chi connectivity index (χ4v) is 5.56. The lowest BCUT2D eigenvalue weighted by Gasteiger charge is -2.38. The molecule has 1 aromatic rings. The molecule has 4 rings (SSSR count). The lowest BCUT2D eigenvalue weighted by atomic mass is 9.73. The molecule has 2 unspecified atom stereocenters. The van der Waals surface area contributed by atoms with Crippen molar-refractivity contribution in [1.82, 2.24) is 14.3 Å². The molecule has 0 spiro atoms.